The number of rotatable bonds is 2. The van der Waals surface area contributed by atoms with Crippen LogP contribution >= 0.6 is 11.6 Å². The number of fused-ring (bicyclic) bond motifs is 1. The lowest BCUT2D eigenvalue weighted by molar-refractivity contribution is 0.0528. The van der Waals surface area contributed by atoms with Gasteiger partial charge in [-0.05, 0) is 25.1 Å². The van der Waals surface area contributed by atoms with E-state index in [-0.39, 0.29) is 10.9 Å². The number of aromatic hydroxyl groups is 1. The number of carbonyl (C=O) groups excluding carboxylic acids is 1. The molecule has 1 N–H and O–H groups in total. The largest absolute Gasteiger partial charge is 0.508 e. The molecule has 0 aliphatic carbocycles. The van der Waals surface area contributed by atoms with Crippen molar-refractivity contribution < 1.29 is 14.6 Å². The molecule has 2 aromatic rings. The minimum Gasteiger partial charge on any atom is -0.508 e. The van der Waals surface area contributed by atoms with E-state index in [9.17, 15) is 9.90 Å². The molecule has 0 aliphatic rings. The van der Waals surface area contributed by atoms with E-state index in [1.165, 1.54) is 18.2 Å². The number of hydrogen-bond donors (Lipinski definition) is 1. The fourth-order valence-corrected chi connectivity index (χ4v) is 1.76. The number of halogens is 1. The molecule has 0 atom stereocenters. The van der Waals surface area contributed by atoms with Gasteiger partial charge in [0.25, 0.3) is 0 Å². The van der Waals surface area contributed by atoms with Crippen molar-refractivity contribution >= 4 is 28.5 Å². The fraction of sp³-hybridized carbons (Fsp3) is 0.167. The zero-order valence-corrected chi connectivity index (χ0v) is 9.86. The molecule has 0 unspecified atom stereocenters. The number of hydrogen-bond acceptors (Lipinski definition) is 4. The van der Waals surface area contributed by atoms with E-state index in [1.807, 2.05) is 0 Å². The van der Waals surface area contributed by atoms with Crippen LogP contribution in [0.5, 0.6) is 5.75 Å². The van der Waals surface area contributed by atoms with Gasteiger partial charge in [-0.3, -0.25) is 0 Å². The molecule has 5 heteroatoms. The summed E-state index contributed by atoms with van der Waals surface area (Å²) in [6.07, 6.45) is 0. The number of benzene rings is 1. The molecule has 17 heavy (non-hydrogen) atoms. The Morgan fingerprint density at radius 3 is 2.94 bits per heavy atom. The fourth-order valence-electron chi connectivity index (χ4n) is 1.56. The van der Waals surface area contributed by atoms with E-state index >= 15 is 0 Å². The third-order valence-corrected chi connectivity index (χ3v) is 2.45. The summed E-state index contributed by atoms with van der Waals surface area (Å²) in [5, 5.41) is 10.1. The van der Waals surface area contributed by atoms with Crippen molar-refractivity contribution in [3.8, 4) is 5.75 Å². The van der Waals surface area contributed by atoms with E-state index in [1.54, 1.807) is 13.0 Å². The van der Waals surface area contributed by atoms with Crippen LogP contribution in [-0.2, 0) is 4.74 Å². The van der Waals surface area contributed by atoms with Crippen molar-refractivity contribution in [2.45, 2.75) is 6.92 Å². The van der Waals surface area contributed by atoms with Crippen LogP contribution in [0.2, 0.25) is 5.15 Å². The number of phenols is 1. The number of ether oxygens (including phenoxy) is 1. The molecule has 0 amide bonds. The van der Waals surface area contributed by atoms with Crippen LogP contribution < -0.4 is 0 Å². The Labute approximate surface area is 103 Å². The van der Waals surface area contributed by atoms with Crippen LogP contribution in [0.25, 0.3) is 10.9 Å². The average molecular weight is 252 g/mol. The van der Waals surface area contributed by atoms with Crippen LogP contribution in [0.4, 0.5) is 0 Å². The molecule has 4 nitrogen and oxygen atoms in total. The van der Waals surface area contributed by atoms with E-state index in [4.69, 9.17) is 16.3 Å². The van der Waals surface area contributed by atoms with Crippen molar-refractivity contribution in [2.75, 3.05) is 6.61 Å². The summed E-state index contributed by atoms with van der Waals surface area (Å²) in [5.41, 5.74) is 0.808. The number of phenolic OH excluding ortho intramolecular Hbond substituents is 1. The molecule has 0 bridgehead atoms. The predicted octanol–water partition coefficient (Wildman–Crippen LogP) is 2.77. The lowest BCUT2D eigenvalue weighted by Crippen LogP contribution is -2.06. The summed E-state index contributed by atoms with van der Waals surface area (Å²) in [5.74, 6) is -0.380. The first kappa shape index (κ1) is 11.7. The molecule has 1 aromatic carbocycles. The van der Waals surface area contributed by atoms with Crippen molar-refractivity contribution in [1.82, 2.24) is 4.98 Å². The molecular weight excluding hydrogens is 242 g/mol. The maximum absolute atomic E-state index is 11.7. The highest BCUT2D eigenvalue weighted by Crippen LogP contribution is 2.24. The van der Waals surface area contributed by atoms with Crippen molar-refractivity contribution in [3.63, 3.8) is 0 Å². The predicted molar refractivity (Wildman–Crippen MR) is 64.4 cm³/mol. The van der Waals surface area contributed by atoms with Crippen LogP contribution in [0.3, 0.4) is 0 Å². The summed E-state index contributed by atoms with van der Waals surface area (Å²) < 4.78 is 4.93. The van der Waals surface area contributed by atoms with E-state index < -0.39 is 5.97 Å². The summed E-state index contributed by atoms with van der Waals surface area (Å²) in [4.78, 5) is 15.8. The molecular formula is C12H10ClNO3. The van der Waals surface area contributed by atoms with Gasteiger partial charge in [0.2, 0.25) is 0 Å². The van der Waals surface area contributed by atoms with Crippen LogP contribution in [0, 0.1) is 0 Å². The minimum atomic E-state index is -0.451. The summed E-state index contributed by atoms with van der Waals surface area (Å²) in [6, 6.07) is 6.00. The highest BCUT2D eigenvalue weighted by atomic mass is 35.5. The topological polar surface area (TPSA) is 59.4 Å². The van der Waals surface area contributed by atoms with Gasteiger partial charge in [-0.15, -0.1) is 0 Å². The minimum absolute atomic E-state index is 0.0714. The molecule has 0 aliphatic heterocycles. The van der Waals surface area contributed by atoms with Gasteiger partial charge in [0.05, 0.1) is 17.7 Å². The van der Waals surface area contributed by atoms with Gasteiger partial charge < -0.3 is 9.84 Å². The Hall–Kier alpha value is -1.81. The maximum atomic E-state index is 11.7. The second-order valence-corrected chi connectivity index (χ2v) is 3.80. The van der Waals surface area contributed by atoms with Gasteiger partial charge in [-0.1, -0.05) is 11.6 Å². The standard InChI is InChI=1S/C12H10ClNO3/c1-2-17-12(16)9-6-11(13)14-10-5-7(15)3-4-8(9)10/h3-6,15H,2H2,1H3. The average Bonchev–Trinajstić information content (AvgIpc) is 2.27. The number of esters is 1. The van der Waals surface area contributed by atoms with Crippen LogP contribution in [0.1, 0.15) is 17.3 Å². The smallest absolute Gasteiger partial charge is 0.338 e. The second kappa shape index (κ2) is 4.59. The third-order valence-electron chi connectivity index (χ3n) is 2.26. The lowest BCUT2D eigenvalue weighted by Gasteiger charge is -2.06. The van der Waals surface area contributed by atoms with E-state index in [2.05, 4.69) is 4.98 Å². The summed E-state index contributed by atoms with van der Waals surface area (Å²) >= 11 is 5.82. The van der Waals surface area contributed by atoms with Gasteiger partial charge in [0, 0.05) is 11.5 Å². The van der Waals surface area contributed by atoms with Gasteiger partial charge in [-0.2, -0.15) is 0 Å². The number of nitrogens with zero attached hydrogens (tertiary/aromatic N) is 1. The van der Waals surface area contributed by atoms with Crippen LogP contribution in [-0.4, -0.2) is 22.7 Å². The first-order valence-corrected chi connectivity index (χ1v) is 5.46. The number of carbonyl (C=O) groups is 1. The Morgan fingerprint density at radius 2 is 2.24 bits per heavy atom. The Morgan fingerprint density at radius 1 is 1.47 bits per heavy atom. The lowest BCUT2D eigenvalue weighted by atomic mass is 10.1. The van der Waals surface area contributed by atoms with Gasteiger partial charge in [-0.25, -0.2) is 9.78 Å². The second-order valence-electron chi connectivity index (χ2n) is 3.41. The normalized spacial score (nSPS) is 10.5. The Bertz CT molecular complexity index is 578. The Kier molecular flexibility index (Phi) is 3.15. The maximum Gasteiger partial charge on any atom is 0.338 e. The van der Waals surface area contributed by atoms with Gasteiger partial charge in [0.15, 0.2) is 0 Å². The number of pyridine rings is 1. The van der Waals surface area contributed by atoms with Gasteiger partial charge in [0.1, 0.15) is 10.9 Å². The SMILES string of the molecule is CCOC(=O)c1cc(Cl)nc2cc(O)ccc12. The summed E-state index contributed by atoms with van der Waals surface area (Å²) in [6.45, 7) is 2.02. The van der Waals surface area contributed by atoms with E-state index in [0.717, 1.165) is 0 Å². The molecule has 0 saturated carbocycles. The molecule has 2 rings (SSSR count). The highest BCUT2D eigenvalue weighted by molar-refractivity contribution is 6.30. The zero-order chi connectivity index (χ0) is 12.4. The highest BCUT2D eigenvalue weighted by Gasteiger charge is 2.13. The third kappa shape index (κ3) is 2.31. The molecule has 0 spiro atoms. The molecule has 0 saturated heterocycles. The first-order valence-electron chi connectivity index (χ1n) is 5.08. The zero-order valence-electron chi connectivity index (χ0n) is 9.11. The molecule has 88 valence electrons. The van der Waals surface area contributed by atoms with E-state index in [0.29, 0.717) is 23.1 Å². The number of aromatic nitrogens is 1. The van der Waals surface area contributed by atoms with Gasteiger partial charge >= 0.3 is 5.97 Å². The quantitative estimate of drug-likeness (QED) is 0.659. The monoisotopic (exact) mass is 251 g/mol. The molecule has 1 aromatic heterocycles. The molecule has 0 radical (unpaired) electrons. The molecule has 0 fully saturated rings. The Balaban J connectivity index is 2.65. The first-order chi connectivity index (χ1) is 8.11. The van der Waals surface area contributed by atoms with Crippen molar-refractivity contribution in [2.24, 2.45) is 0 Å². The van der Waals surface area contributed by atoms with Crippen molar-refractivity contribution in [1.29, 1.82) is 0 Å². The summed E-state index contributed by atoms with van der Waals surface area (Å²) in [7, 11) is 0. The molecule has 1 heterocycles. The van der Waals surface area contributed by atoms with Crippen molar-refractivity contribution in [3.05, 3.63) is 35.0 Å². The van der Waals surface area contributed by atoms with Crippen LogP contribution in [0.15, 0.2) is 24.3 Å².